The van der Waals surface area contributed by atoms with E-state index in [4.69, 9.17) is 33.5 Å². The summed E-state index contributed by atoms with van der Waals surface area (Å²) in [5, 5.41) is 9.03. The molecule has 0 saturated carbocycles. The highest BCUT2D eigenvalue weighted by Gasteiger charge is 2.49. The Hall–Kier alpha value is -3.89. The SMILES string of the molecule is O=C(O)CCCCCO[C@H]1O[C@H](COCc2ccccc2)[C@@H](OCc2ccccc2)[C@H](OCc2ccccc2)[C@@H]1OCc1ccccc1. The molecule has 0 aliphatic carbocycles. The highest BCUT2D eigenvalue weighted by molar-refractivity contribution is 5.66. The van der Waals surface area contributed by atoms with E-state index in [1.165, 1.54) is 0 Å². The van der Waals surface area contributed by atoms with Crippen molar-refractivity contribution in [3.8, 4) is 0 Å². The number of ether oxygens (including phenoxy) is 6. The van der Waals surface area contributed by atoms with E-state index in [1.807, 2.05) is 121 Å². The van der Waals surface area contributed by atoms with Gasteiger partial charge in [-0.2, -0.15) is 0 Å². The molecule has 1 aliphatic rings. The smallest absolute Gasteiger partial charge is 0.303 e. The molecule has 254 valence electrons. The molecule has 8 heteroatoms. The van der Waals surface area contributed by atoms with Gasteiger partial charge < -0.3 is 33.5 Å². The number of benzene rings is 4. The summed E-state index contributed by atoms with van der Waals surface area (Å²) in [6.45, 7) is 2.10. The van der Waals surface area contributed by atoms with Crippen LogP contribution >= 0.6 is 0 Å². The van der Waals surface area contributed by atoms with E-state index >= 15 is 0 Å². The van der Waals surface area contributed by atoms with Crippen LogP contribution in [0, 0.1) is 0 Å². The minimum absolute atomic E-state index is 0.138. The number of unbranched alkanes of at least 4 members (excludes halogenated alkanes) is 2. The first-order valence-electron chi connectivity index (χ1n) is 16.7. The Morgan fingerprint density at radius 3 is 1.50 bits per heavy atom. The Labute approximate surface area is 283 Å². The van der Waals surface area contributed by atoms with Gasteiger partial charge in [0, 0.05) is 13.0 Å². The first kappa shape index (κ1) is 35.4. The lowest BCUT2D eigenvalue weighted by Gasteiger charge is -2.46. The zero-order valence-corrected chi connectivity index (χ0v) is 27.3. The van der Waals surface area contributed by atoms with Crippen molar-refractivity contribution in [1.82, 2.24) is 0 Å². The zero-order valence-electron chi connectivity index (χ0n) is 27.3. The molecule has 48 heavy (non-hydrogen) atoms. The third-order valence-corrected chi connectivity index (χ3v) is 8.16. The molecular formula is C40H46O8. The molecule has 1 N–H and O–H groups in total. The Balaban J connectivity index is 1.39. The van der Waals surface area contributed by atoms with Gasteiger partial charge in [-0.3, -0.25) is 4.79 Å². The van der Waals surface area contributed by atoms with E-state index in [9.17, 15) is 4.79 Å². The summed E-state index contributed by atoms with van der Waals surface area (Å²) in [6.07, 6.45) is -0.867. The van der Waals surface area contributed by atoms with Gasteiger partial charge in [-0.15, -0.1) is 0 Å². The van der Waals surface area contributed by atoms with E-state index in [1.54, 1.807) is 0 Å². The molecule has 0 radical (unpaired) electrons. The maximum atomic E-state index is 11.0. The molecule has 4 aromatic rings. The average Bonchev–Trinajstić information content (AvgIpc) is 3.12. The molecule has 1 saturated heterocycles. The van der Waals surface area contributed by atoms with Gasteiger partial charge in [-0.05, 0) is 35.1 Å². The third kappa shape index (κ3) is 11.7. The van der Waals surface area contributed by atoms with Crippen LogP contribution in [0.4, 0.5) is 0 Å². The highest BCUT2D eigenvalue weighted by Crippen LogP contribution is 2.32. The first-order valence-corrected chi connectivity index (χ1v) is 16.7. The lowest BCUT2D eigenvalue weighted by atomic mass is 9.97. The molecule has 0 amide bonds. The van der Waals surface area contributed by atoms with Gasteiger partial charge in [0.1, 0.15) is 24.4 Å². The van der Waals surface area contributed by atoms with Crippen molar-refractivity contribution in [3.05, 3.63) is 144 Å². The Morgan fingerprint density at radius 2 is 1.00 bits per heavy atom. The summed E-state index contributed by atoms with van der Waals surface area (Å²) in [4.78, 5) is 11.0. The maximum Gasteiger partial charge on any atom is 0.303 e. The summed E-state index contributed by atoms with van der Waals surface area (Å²) in [6, 6.07) is 40.1. The van der Waals surface area contributed by atoms with Gasteiger partial charge in [0.2, 0.25) is 0 Å². The summed E-state index contributed by atoms with van der Waals surface area (Å²) >= 11 is 0. The van der Waals surface area contributed by atoms with E-state index < -0.39 is 36.7 Å². The molecule has 4 aromatic carbocycles. The summed E-state index contributed by atoms with van der Waals surface area (Å²) in [7, 11) is 0. The van der Waals surface area contributed by atoms with Crippen LogP contribution in [0.1, 0.15) is 47.9 Å². The maximum absolute atomic E-state index is 11.0. The minimum atomic E-state index is -0.792. The van der Waals surface area contributed by atoms with Crippen LogP contribution in [0.5, 0.6) is 0 Å². The second-order valence-corrected chi connectivity index (χ2v) is 11.9. The zero-order chi connectivity index (χ0) is 33.2. The van der Waals surface area contributed by atoms with Gasteiger partial charge in [-0.1, -0.05) is 128 Å². The van der Waals surface area contributed by atoms with Crippen molar-refractivity contribution in [2.24, 2.45) is 0 Å². The van der Waals surface area contributed by atoms with E-state index in [0.29, 0.717) is 45.9 Å². The lowest BCUT2D eigenvalue weighted by Crippen LogP contribution is -2.61. The summed E-state index contributed by atoms with van der Waals surface area (Å²) in [5.74, 6) is -0.792. The van der Waals surface area contributed by atoms with Crippen molar-refractivity contribution in [1.29, 1.82) is 0 Å². The molecule has 8 nitrogen and oxygen atoms in total. The second kappa shape index (κ2) is 19.8. The first-order chi connectivity index (χ1) is 23.7. The molecular weight excluding hydrogens is 608 g/mol. The van der Waals surface area contributed by atoms with Crippen molar-refractivity contribution < 1.29 is 38.3 Å². The lowest BCUT2D eigenvalue weighted by molar-refractivity contribution is -0.328. The van der Waals surface area contributed by atoms with Crippen LogP contribution in [0.3, 0.4) is 0 Å². The van der Waals surface area contributed by atoms with Gasteiger partial charge in [0.05, 0.1) is 33.0 Å². The fraction of sp³-hybridized carbons (Fsp3) is 0.375. The van der Waals surface area contributed by atoms with Crippen LogP contribution in [0.2, 0.25) is 0 Å². The standard InChI is InChI=1S/C40H46O8/c41-36(42)24-14-5-15-25-44-40-39(47-29-34-22-12-4-13-23-34)38(46-28-33-20-10-3-11-21-33)37(45-27-32-18-8-2-9-19-32)35(48-40)30-43-26-31-16-6-1-7-17-31/h1-4,6-13,16-23,35,37-40H,5,14-15,24-30H2,(H,41,42)/t35-,37-,38+,39+,40+/m1/s1. The van der Waals surface area contributed by atoms with E-state index in [2.05, 4.69) is 0 Å². The third-order valence-electron chi connectivity index (χ3n) is 8.16. The number of carbonyl (C=O) groups is 1. The van der Waals surface area contributed by atoms with Gasteiger partial charge in [0.15, 0.2) is 6.29 Å². The predicted octanol–water partition coefficient (Wildman–Crippen LogP) is 7.35. The fourth-order valence-electron chi connectivity index (χ4n) is 5.64. The van der Waals surface area contributed by atoms with Crippen LogP contribution in [0.25, 0.3) is 0 Å². The molecule has 1 heterocycles. The number of rotatable bonds is 20. The number of hydrogen-bond acceptors (Lipinski definition) is 7. The molecule has 0 aromatic heterocycles. The van der Waals surface area contributed by atoms with Crippen LogP contribution < -0.4 is 0 Å². The minimum Gasteiger partial charge on any atom is -0.481 e. The van der Waals surface area contributed by atoms with Gasteiger partial charge in [0.25, 0.3) is 0 Å². The molecule has 1 aliphatic heterocycles. The summed E-state index contributed by atoms with van der Waals surface area (Å²) in [5.41, 5.74) is 4.14. The molecule has 0 spiro atoms. The average molecular weight is 655 g/mol. The molecule has 5 rings (SSSR count). The largest absolute Gasteiger partial charge is 0.481 e. The molecule has 0 unspecified atom stereocenters. The predicted molar refractivity (Wildman–Crippen MR) is 182 cm³/mol. The molecule has 0 bridgehead atoms. The van der Waals surface area contributed by atoms with Crippen molar-refractivity contribution in [3.63, 3.8) is 0 Å². The Morgan fingerprint density at radius 1 is 0.542 bits per heavy atom. The quantitative estimate of drug-likeness (QED) is 0.0990. The van der Waals surface area contributed by atoms with Crippen molar-refractivity contribution >= 4 is 5.97 Å². The van der Waals surface area contributed by atoms with E-state index in [0.717, 1.165) is 28.7 Å². The number of carboxylic acid groups (broad SMARTS) is 1. The van der Waals surface area contributed by atoms with E-state index in [-0.39, 0.29) is 13.0 Å². The highest BCUT2D eigenvalue weighted by atomic mass is 16.7. The summed E-state index contributed by atoms with van der Waals surface area (Å²) < 4.78 is 39.3. The van der Waals surface area contributed by atoms with Gasteiger partial charge in [-0.25, -0.2) is 0 Å². The normalized spacial score (nSPS) is 20.8. The fourth-order valence-corrected chi connectivity index (χ4v) is 5.64. The Kier molecular flexibility index (Phi) is 14.6. The van der Waals surface area contributed by atoms with Gasteiger partial charge >= 0.3 is 5.97 Å². The molecule has 5 atom stereocenters. The Bertz CT molecular complexity index is 1440. The van der Waals surface area contributed by atoms with Crippen molar-refractivity contribution in [2.75, 3.05) is 13.2 Å². The monoisotopic (exact) mass is 654 g/mol. The van der Waals surface area contributed by atoms with Crippen LogP contribution in [0.15, 0.2) is 121 Å². The van der Waals surface area contributed by atoms with Crippen LogP contribution in [-0.2, 0) is 59.6 Å². The number of hydrogen-bond donors (Lipinski definition) is 1. The van der Waals surface area contributed by atoms with Crippen molar-refractivity contribution in [2.45, 2.75) is 82.8 Å². The van der Waals surface area contributed by atoms with Crippen LogP contribution in [-0.4, -0.2) is 55.0 Å². The number of aliphatic carboxylic acids is 1. The number of carboxylic acids is 1. The second-order valence-electron chi connectivity index (χ2n) is 11.9. The topological polar surface area (TPSA) is 92.7 Å². The molecule has 1 fully saturated rings.